The number of piperazine rings is 1. The van der Waals surface area contributed by atoms with Crippen LogP contribution in [0.1, 0.15) is 12.5 Å². The van der Waals surface area contributed by atoms with E-state index in [-0.39, 0.29) is 12.4 Å². The molecule has 6 heteroatoms. The Morgan fingerprint density at radius 2 is 2.11 bits per heavy atom. The third-order valence-corrected chi connectivity index (χ3v) is 4.29. The minimum atomic E-state index is 0. The van der Waals surface area contributed by atoms with Crippen molar-refractivity contribution in [3.05, 3.63) is 22.2 Å². The Labute approximate surface area is 128 Å². The standard InChI is InChI=1S/C13H17BrN2O2.ClH/c1-9-6-15-2-3-16(9)7-10-4-12-13(5-11(10)14)18-8-17-12;/h4-5,9,15H,2-3,6-8H2,1H3;1H/t9-;/m1./s1. The molecule has 0 radical (unpaired) electrons. The Morgan fingerprint density at radius 1 is 1.37 bits per heavy atom. The minimum absolute atomic E-state index is 0. The van der Waals surface area contributed by atoms with E-state index in [4.69, 9.17) is 9.47 Å². The van der Waals surface area contributed by atoms with Crippen LogP contribution in [0.3, 0.4) is 0 Å². The van der Waals surface area contributed by atoms with Crippen LogP contribution in [0.4, 0.5) is 0 Å². The lowest BCUT2D eigenvalue weighted by Gasteiger charge is -2.34. The van der Waals surface area contributed by atoms with Crippen LogP contribution in [0.2, 0.25) is 0 Å². The first-order chi connectivity index (χ1) is 8.74. The fourth-order valence-corrected chi connectivity index (χ4v) is 2.86. The molecule has 1 saturated heterocycles. The summed E-state index contributed by atoms with van der Waals surface area (Å²) in [6.07, 6.45) is 0. The SMILES string of the molecule is C[C@@H]1CNCCN1Cc1cc2c(cc1Br)OCO2.Cl. The molecular weight excluding hydrogens is 332 g/mol. The summed E-state index contributed by atoms with van der Waals surface area (Å²) >= 11 is 3.62. The molecule has 0 bridgehead atoms. The predicted molar refractivity (Wildman–Crippen MR) is 80.3 cm³/mol. The van der Waals surface area contributed by atoms with Crippen molar-refractivity contribution < 1.29 is 9.47 Å². The molecular formula is C13H18BrClN2O2. The normalized spacial score (nSPS) is 22.1. The third kappa shape index (κ3) is 3.16. The second kappa shape index (κ2) is 6.31. The zero-order valence-corrected chi connectivity index (χ0v) is 13.2. The van der Waals surface area contributed by atoms with Crippen molar-refractivity contribution in [3.8, 4) is 11.5 Å². The first-order valence-corrected chi connectivity index (χ1v) is 7.06. The fourth-order valence-electron chi connectivity index (χ4n) is 2.42. The number of halogens is 2. The average molecular weight is 350 g/mol. The van der Waals surface area contributed by atoms with Gasteiger partial charge < -0.3 is 14.8 Å². The predicted octanol–water partition coefficient (Wildman–Crippen LogP) is 2.39. The molecule has 1 fully saturated rings. The summed E-state index contributed by atoms with van der Waals surface area (Å²) in [6.45, 7) is 6.74. The zero-order valence-electron chi connectivity index (χ0n) is 10.8. The maximum atomic E-state index is 5.44. The summed E-state index contributed by atoms with van der Waals surface area (Å²) in [6, 6.07) is 4.65. The van der Waals surface area contributed by atoms with E-state index in [2.05, 4.69) is 39.1 Å². The van der Waals surface area contributed by atoms with Crippen LogP contribution in [0, 0.1) is 0 Å². The summed E-state index contributed by atoms with van der Waals surface area (Å²) in [5.41, 5.74) is 1.26. The van der Waals surface area contributed by atoms with Gasteiger partial charge in [0.05, 0.1) is 0 Å². The van der Waals surface area contributed by atoms with Crippen molar-refractivity contribution in [2.75, 3.05) is 26.4 Å². The lowest BCUT2D eigenvalue weighted by Crippen LogP contribution is -2.49. The van der Waals surface area contributed by atoms with Gasteiger partial charge in [-0.2, -0.15) is 0 Å². The average Bonchev–Trinajstić information content (AvgIpc) is 2.79. The van der Waals surface area contributed by atoms with Crippen molar-refractivity contribution in [3.63, 3.8) is 0 Å². The molecule has 0 saturated carbocycles. The van der Waals surface area contributed by atoms with E-state index in [1.807, 2.05) is 6.07 Å². The number of nitrogens with zero attached hydrogens (tertiary/aromatic N) is 1. The first-order valence-electron chi connectivity index (χ1n) is 6.27. The Kier molecular flexibility index (Phi) is 4.95. The van der Waals surface area contributed by atoms with Crippen molar-refractivity contribution in [1.82, 2.24) is 10.2 Å². The Balaban J connectivity index is 0.00000133. The van der Waals surface area contributed by atoms with Gasteiger partial charge in [0.1, 0.15) is 0 Å². The number of hydrogen-bond acceptors (Lipinski definition) is 4. The molecule has 0 aliphatic carbocycles. The summed E-state index contributed by atoms with van der Waals surface area (Å²) in [5, 5.41) is 3.41. The summed E-state index contributed by atoms with van der Waals surface area (Å²) < 4.78 is 11.9. The van der Waals surface area contributed by atoms with Gasteiger partial charge in [-0.05, 0) is 24.6 Å². The second-order valence-corrected chi connectivity index (χ2v) is 5.67. The van der Waals surface area contributed by atoms with Crippen molar-refractivity contribution in [2.24, 2.45) is 0 Å². The van der Waals surface area contributed by atoms with Crippen LogP contribution in [-0.2, 0) is 6.54 Å². The monoisotopic (exact) mass is 348 g/mol. The van der Waals surface area contributed by atoms with Gasteiger partial charge in [-0.1, -0.05) is 15.9 Å². The highest BCUT2D eigenvalue weighted by molar-refractivity contribution is 9.10. The molecule has 2 aliphatic rings. The molecule has 1 N–H and O–H groups in total. The van der Waals surface area contributed by atoms with Gasteiger partial charge in [0.25, 0.3) is 0 Å². The van der Waals surface area contributed by atoms with Gasteiger partial charge in [0.15, 0.2) is 11.5 Å². The highest BCUT2D eigenvalue weighted by atomic mass is 79.9. The Morgan fingerprint density at radius 3 is 2.84 bits per heavy atom. The summed E-state index contributed by atoms with van der Waals surface area (Å²) in [4.78, 5) is 2.48. The maximum absolute atomic E-state index is 5.44. The van der Waals surface area contributed by atoms with E-state index in [0.717, 1.165) is 42.2 Å². The smallest absolute Gasteiger partial charge is 0.231 e. The van der Waals surface area contributed by atoms with E-state index in [9.17, 15) is 0 Å². The van der Waals surface area contributed by atoms with Gasteiger partial charge in [-0.3, -0.25) is 4.90 Å². The third-order valence-electron chi connectivity index (χ3n) is 3.55. The molecule has 1 atom stereocenters. The molecule has 4 nitrogen and oxygen atoms in total. The lowest BCUT2D eigenvalue weighted by atomic mass is 10.1. The van der Waals surface area contributed by atoms with Crippen LogP contribution < -0.4 is 14.8 Å². The molecule has 1 aromatic carbocycles. The molecule has 3 rings (SSSR count). The number of ether oxygens (including phenoxy) is 2. The lowest BCUT2D eigenvalue weighted by molar-refractivity contribution is 0.164. The molecule has 0 amide bonds. The van der Waals surface area contributed by atoms with Crippen LogP contribution in [0.5, 0.6) is 11.5 Å². The Bertz CT molecular complexity index is 459. The molecule has 1 aromatic rings. The molecule has 19 heavy (non-hydrogen) atoms. The second-order valence-electron chi connectivity index (χ2n) is 4.82. The number of fused-ring (bicyclic) bond motifs is 1. The summed E-state index contributed by atoms with van der Waals surface area (Å²) in [5.74, 6) is 1.69. The van der Waals surface area contributed by atoms with E-state index in [1.165, 1.54) is 5.56 Å². The zero-order chi connectivity index (χ0) is 12.5. The van der Waals surface area contributed by atoms with Gasteiger partial charge in [-0.25, -0.2) is 0 Å². The fraction of sp³-hybridized carbons (Fsp3) is 0.538. The highest BCUT2D eigenvalue weighted by Crippen LogP contribution is 2.37. The van der Waals surface area contributed by atoms with Crippen LogP contribution >= 0.6 is 28.3 Å². The largest absolute Gasteiger partial charge is 0.454 e. The van der Waals surface area contributed by atoms with Crippen LogP contribution in [0.15, 0.2) is 16.6 Å². The van der Waals surface area contributed by atoms with Gasteiger partial charge in [0, 0.05) is 36.7 Å². The number of rotatable bonds is 2. The van der Waals surface area contributed by atoms with Gasteiger partial charge in [-0.15, -0.1) is 12.4 Å². The van der Waals surface area contributed by atoms with Crippen molar-refractivity contribution in [2.45, 2.75) is 19.5 Å². The molecule has 0 aromatic heterocycles. The first kappa shape index (κ1) is 14.9. The van der Waals surface area contributed by atoms with Gasteiger partial charge >= 0.3 is 0 Å². The van der Waals surface area contributed by atoms with E-state index < -0.39 is 0 Å². The highest BCUT2D eigenvalue weighted by Gasteiger charge is 2.21. The maximum Gasteiger partial charge on any atom is 0.231 e. The minimum Gasteiger partial charge on any atom is -0.454 e. The molecule has 0 spiro atoms. The van der Waals surface area contributed by atoms with Crippen LogP contribution in [0.25, 0.3) is 0 Å². The van der Waals surface area contributed by atoms with E-state index in [0.29, 0.717) is 12.8 Å². The van der Waals surface area contributed by atoms with Gasteiger partial charge in [0.2, 0.25) is 6.79 Å². The number of benzene rings is 1. The molecule has 2 heterocycles. The summed E-state index contributed by atoms with van der Waals surface area (Å²) in [7, 11) is 0. The Hall–Kier alpha value is -0.490. The topological polar surface area (TPSA) is 33.7 Å². The van der Waals surface area contributed by atoms with Crippen LogP contribution in [-0.4, -0.2) is 37.4 Å². The molecule has 106 valence electrons. The molecule has 2 aliphatic heterocycles. The van der Waals surface area contributed by atoms with E-state index in [1.54, 1.807) is 0 Å². The molecule has 0 unspecified atom stereocenters. The number of hydrogen-bond donors (Lipinski definition) is 1. The van der Waals surface area contributed by atoms with E-state index >= 15 is 0 Å². The quantitative estimate of drug-likeness (QED) is 0.889. The van der Waals surface area contributed by atoms with Crippen molar-refractivity contribution >= 4 is 28.3 Å². The van der Waals surface area contributed by atoms with Crippen molar-refractivity contribution in [1.29, 1.82) is 0 Å². The number of nitrogens with one attached hydrogen (secondary N) is 1.